The van der Waals surface area contributed by atoms with Gasteiger partial charge in [-0.25, -0.2) is 13.9 Å². The molecule has 0 unspecified atom stereocenters. The molecule has 0 atom stereocenters. The maximum absolute atomic E-state index is 14.1. The van der Waals surface area contributed by atoms with Gasteiger partial charge in [-0.1, -0.05) is 0 Å². The van der Waals surface area contributed by atoms with Crippen LogP contribution in [0.25, 0.3) is 16.2 Å². The van der Waals surface area contributed by atoms with Crippen LogP contribution in [0.4, 0.5) is 16.0 Å². The number of carbonyl (C=O) groups excluding carboxylic acids is 1. The first kappa shape index (κ1) is 17.0. The summed E-state index contributed by atoms with van der Waals surface area (Å²) in [6.45, 7) is 0. The number of amides is 1. The van der Waals surface area contributed by atoms with Crippen molar-refractivity contribution in [3.63, 3.8) is 0 Å². The van der Waals surface area contributed by atoms with Crippen LogP contribution in [0.2, 0.25) is 0 Å². The molecule has 1 amide bonds. The van der Waals surface area contributed by atoms with Crippen LogP contribution in [0.5, 0.6) is 0 Å². The number of fused-ring (bicyclic) bond motifs is 1. The van der Waals surface area contributed by atoms with Crippen LogP contribution in [-0.2, 0) is 0 Å². The predicted octanol–water partition coefficient (Wildman–Crippen LogP) is 2.71. The predicted molar refractivity (Wildman–Crippen MR) is 101 cm³/mol. The van der Waals surface area contributed by atoms with E-state index in [1.807, 2.05) is 14.1 Å². The van der Waals surface area contributed by atoms with E-state index in [0.29, 0.717) is 27.9 Å². The molecule has 0 fully saturated rings. The topological polar surface area (TPSA) is 88.3 Å². The fraction of sp³-hybridized carbons (Fsp3) is 0.118. The zero-order chi connectivity index (χ0) is 19.0. The van der Waals surface area contributed by atoms with Crippen LogP contribution in [-0.4, -0.2) is 44.0 Å². The number of aromatic nitrogens is 5. The minimum Gasteiger partial charge on any atom is -0.346 e. The molecule has 0 saturated heterocycles. The van der Waals surface area contributed by atoms with Gasteiger partial charge in [-0.2, -0.15) is 14.5 Å². The van der Waals surface area contributed by atoms with Crippen LogP contribution in [0, 0.1) is 5.82 Å². The third-order valence-corrected chi connectivity index (χ3v) is 4.51. The highest BCUT2D eigenvalue weighted by Crippen LogP contribution is 2.26. The van der Waals surface area contributed by atoms with Crippen molar-refractivity contribution >= 4 is 34.7 Å². The summed E-state index contributed by atoms with van der Waals surface area (Å²) in [5.74, 6) is -0.426. The number of nitrogens with one attached hydrogen (secondary N) is 1. The lowest BCUT2D eigenvalue weighted by Crippen LogP contribution is -2.13. The SMILES string of the molecule is CN(C)c1nsc(-c2cc(F)cc(C(=O)Nc3ccc4ncnn4c3)c2)n1. The Morgan fingerprint density at radius 1 is 1.26 bits per heavy atom. The first-order valence-corrected chi connectivity index (χ1v) is 8.70. The number of pyridine rings is 1. The minimum absolute atomic E-state index is 0.185. The molecular formula is C17H14FN7OS. The summed E-state index contributed by atoms with van der Waals surface area (Å²) in [5, 5.41) is 7.29. The summed E-state index contributed by atoms with van der Waals surface area (Å²) in [6, 6.07) is 7.53. The third-order valence-electron chi connectivity index (χ3n) is 3.75. The zero-order valence-corrected chi connectivity index (χ0v) is 15.2. The van der Waals surface area contributed by atoms with Gasteiger partial charge in [0.1, 0.15) is 17.2 Å². The van der Waals surface area contributed by atoms with E-state index in [1.54, 1.807) is 29.3 Å². The Labute approximate surface area is 157 Å². The molecule has 0 bridgehead atoms. The van der Waals surface area contributed by atoms with Gasteiger partial charge in [-0.15, -0.1) is 0 Å². The maximum Gasteiger partial charge on any atom is 0.255 e. The second-order valence-electron chi connectivity index (χ2n) is 5.96. The molecule has 10 heteroatoms. The van der Waals surface area contributed by atoms with E-state index in [1.165, 1.54) is 23.0 Å². The number of hydrogen-bond acceptors (Lipinski definition) is 7. The molecule has 1 N–H and O–H groups in total. The number of benzene rings is 1. The average molecular weight is 383 g/mol. The molecule has 0 aliphatic rings. The Balaban J connectivity index is 1.62. The lowest BCUT2D eigenvalue weighted by atomic mass is 10.1. The van der Waals surface area contributed by atoms with E-state index in [4.69, 9.17) is 0 Å². The molecule has 0 spiro atoms. The van der Waals surface area contributed by atoms with Crippen molar-refractivity contribution in [2.24, 2.45) is 0 Å². The van der Waals surface area contributed by atoms with Gasteiger partial charge in [0.05, 0.1) is 11.9 Å². The second kappa shape index (κ2) is 6.72. The number of carbonyl (C=O) groups is 1. The molecule has 3 aromatic heterocycles. The van der Waals surface area contributed by atoms with E-state index in [9.17, 15) is 9.18 Å². The normalized spacial score (nSPS) is 10.9. The highest BCUT2D eigenvalue weighted by Gasteiger charge is 2.14. The van der Waals surface area contributed by atoms with Crippen LogP contribution in [0.15, 0.2) is 42.9 Å². The monoisotopic (exact) mass is 383 g/mol. The van der Waals surface area contributed by atoms with Crippen LogP contribution in [0.3, 0.4) is 0 Å². The molecular weight excluding hydrogens is 369 g/mol. The van der Waals surface area contributed by atoms with E-state index in [-0.39, 0.29) is 5.56 Å². The van der Waals surface area contributed by atoms with Crippen molar-refractivity contribution in [1.29, 1.82) is 0 Å². The third kappa shape index (κ3) is 3.47. The molecule has 0 aliphatic heterocycles. The van der Waals surface area contributed by atoms with Crippen molar-refractivity contribution < 1.29 is 9.18 Å². The molecule has 0 saturated carbocycles. The molecule has 27 heavy (non-hydrogen) atoms. The Kier molecular flexibility index (Phi) is 4.24. The fourth-order valence-corrected chi connectivity index (χ4v) is 3.17. The number of hydrogen-bond donors (Lipinski definition) is 1. The maximum atomic E-state index is 14.1. The summed E-state index contributed by atoms with van der Waals surface area (Å²) < 4.78 is 19.8. The van der Waals surface area contributed by atoms with Crippen LogP contribution in [0.1, 0.15) is 10.4 Å². The molecule has 0 radical (unpaired) electrons. The first-order chi connectivity index (χ1) is 13.0. The number of anilines is 2. The Morgan fingerprint density at radius 2 is 2.11 bits per heavy atom. The molecule has 4 aromatic rings. The van der Waals surface area contributed by atoms with Crippen molar-refractivity contribution in [2.45, 2.75) is 0 Å². The Bertz CT molecular complexity index is 1140. The van der Waals surface area contributed by atoms with Gasteiger partial charge in [0, 0.05) is 25.2 Å². The van der Waals surface area contributed by atoms with E-state index in [0.717, 1.165) is 11.5 Å². The van der Waals surface area contributed by atoms with Gasteiger partial charge in [-0.3, -0.25) is 4.79 Å². The summed E-state index contributed by atoms with van der Waals surface area (Å²) >= 11 is 1.15. The number of rotatable bonds is 4. The van der Waals surface area contributed by atoms with Crippen molar-refractivity contribution in [3.05, 3.63) is 54.2 Å². The highest BCUT2D eigenvalue weighted by atomic mass is 32.1. The van der Waals surface area contributed by atoms with Crippen molar-refractivity contribution in [3.8, 4) is 10.6 Å². The molecule has 0 aliphatic carbocycles. The summed E-state index contributed by atoms with van der Waals surface area (Å²) in [5.41, 5.74) is 1.87. The molecule has 4 rings (SSSR count). The van der Waals surface area contributed by atoms with Gasteiger partial charge in [0.2, 0.25) is 5.95 Å². The summed E-state index contributed by atoms with van der Waals surface area (Å²) in [4.78, 5) is 22.7. The standard InChI is InChI=1S/C17H14FN7OS/c1-24(2)17-22-16(27-23-17)11-5-10(6-12(18)7-11)15(26)21-13-3-4-14-19-9-20-25(14)8-13/h3-9H,1-2H3,(H,21,26). The van der Waals surface area contributed by atoms with Crippen molar-refractivity contribution in [1.82, 2.24) is 24.0 Å². The van der Waals surface area contributed by atoms with Gasteiger partial charge in [0.25, 0.3) is 5.91 Å². The van der Waals surface area contributed by atoms with E-state index in [2.05, 4.69) is 24.8 Å². The molecule has 8 nitrogen and oxygen atoms in total. The van der Waals surface area contributed by atoms with Gasteiger partial charge in [0.15, 0.2) is 5.65 Å². The van der Waals surface area contributed by atoms with Gasteiger partial charge >= 0.3 is 0 Å². The molecule has 3 heterocycles. The lowest BCUT2D eigenvalue weighted by molar-refractivity contribution is 0.102. The zero-order valence-electron chi connectivity index (χ0n) is 14.4. The minimum atomic E-state index is -0.522. The van der Waals surface area contributed by atoms with E-state index >= 15 is 0 Å². The van der Waals surface area contributed by atoms with E-state index < -0.39 is 11.7 Å². The van der Waals surface area contributed by atoms with Gasteiger partial charge < -0.3 is 10.2 Å². The van der Waals surface area contributed by atoms with Crippen LogP contribution < -0.4 is 10.2 Å². The highest BCUT2D eigenvalue weighted by molar-refractivity contribution is 7.09. The number of nitrogens with zero attached hydrogens (tertiary/aromatic N) is 6. The number of halogens is 1. The summed E-state index contributed by atoms with van der Waals surface area (Å²) in [7, 11) is 3.64. The largest absolute Gasteiger partial charge is 0.346 e. The lowest BCUT2D eigenvalue weighted by Gasteiger charge is -2.07. The quantitative estimate of drug-likeness (QED) is 0.583. The van der Waals surface area contributed by atoms with Crippen molar-refractivity contribution in [2.75, 3.05) is 24.3 Å². The molecule has 136 valence electrons. The fourth-order valence-electron chi connectivity index (χ4n) is 2.45. The molecule has 1 aromatic carbocycles. The smallest absolute Gasteiger partial charge is 0.255 e. The first-order valence-electron chi connectivity index (χ1n) is 7.92. The average Bonchev–Trinajstić information content (AvgIpc) is 3.30. The van der Waals surface area contributed by atoms with Gasteiger partial charge in [-0.05, 0) is 41.9 Å². The Hall–Kier alpha value is -3.40. The second-order valence-corrected chi connectivity index (χ2v) is 6.71. The Morgan fingerprint density at radius 3 is 2.89 bits per heavy atom. The summed E-state index contributed by atoms with van der Waals surface area (Å²) in [6.07, 6.45) is 3.05. The van der Waals surface area contributed by atoms with Crippen LogP contribution >= 0.6 is 11.5 Å².